The Morgan fingerprint density at radius 1 is 0.893 bits per heavy atom. The van der Waals surface area contributed by atoms with Gasteiger partial charge >= 0.3 is 0 Å². The third-order valence-electron chi connectivity index (χ3n) is 4.50. The lowest BCUT2D eigenvalue weighted by Gasteiger charge is -2.17. The highest BCUT2D eigenvalue weighted by Crippen LogP contribution is 2.42. The zero-order valence-corrected chi connectivity index (χ0v) is 16.1. The number of hydrogen-bond donors (Lipinski definition) is 1. The summed E-state index contributed by atoms with van der Waals surface area (Å²) in [4.78, 5) is 11.7. The van der Waals surface area contributed by atoms with E-state index in [-0.39, 0.29) is 11.3 Å². The summed E-state index contributed by atoms with van der Waals surface area (Å²) in [7, 11) is 0. The number of phenols is 1. The Morgan fingerprint density at radius 2 is 1.61 bits per heavy atom. The van der Waals surface area contributed by atoms with Crippen LogP contribution >= 0.6 is 0 Å². The number of halogens is 2. The summed E-state index contributed by atoms with van der Waals surface area (Å²) in [5.74, 6) is -2.10. The summed E-state index contributed by atoms with van der Waals surface area (Å²) < 4.78 is 33.7. The minimum absolute atomic E-state index is 0.172. The number of aromatic hydroxyl groups is 1. The van der Waals surface area contributed by atoms with E-state index in [2.05, 4.69) is 0 Å². The molecule has 1 N–H and O–H groups in total. The summed E-state index contributed by atoms with van der Waals surface area (Å²) in [6.45, 7) is 7.81. The molecule has 0 fully saturated rings. The van der Waals surface area contributed by atoms with Gasteiger partial charge < -0.3 is 9.52 Å². The van der Waals surface area contributed by atoms with Gasteiger partial charge in [-0.05, 0) is 37.1 Å². The van der Waals surface area contributed by atoms with Crippen LogP contribution in [0.3, 0.4) is 0 Å². The molecule has 0 amide bonds. The maximum Gasteiger partial charge on any atom is 0.217 e. The fourth-order valence-corrected chi connectivity index (χ4v) is 3.20. The van der Waals surface area contributed by atoms with Gasteiger partial charge in [0.05, 0.1) is 0 Å². The molecule has 3 nitrogen and oxygen atoms in total. The first kappa shape index (κ1) is 19.5. The average molecular weight is 382 g/mol. The molecule has 0 spiro atoms. The number of rotatable bonds is 1. The van der Waals surface area contributed by atoms with Crippen LogP contribution in [0.2, 0.25) is 0 Å². The highest BCUT2D eigenvalue weighted by Gasteiger charge is 2.22. The van der Waals surface area contributed by atoms with Gasteiger partial charge in [-0.2, -0.15) is 0 Å². The molecule has 0 atom stereocenters. The first-order valence-corrected chi connectivity index (χ1v) is 9.01. The molecule has 2 aromatic carbocycles. The smallest absolute Gasteiger partial charge is 0.217 e. The molecule has 1 aliphatic heterocycles. The maximum absolute atomic E-state index is 14.1. The predicted molar refractivity (Wildman–Crippen MR) is 107 cm³/mol. The number of benzene rings is 3. The molecule has 144 valence electrons. The van der Waals surface area contributed by atoms with Crippen molar-refractivity contribution in [3.8, 4) is 28.2 Å². The molecule has 0 saturated carbocycles. The minimum Gasteiger partial charge on any atom is -0.505 e. The predicted octanol–water partition coefficient (Wildman–Crippen LogP) is 6.19. The van der Waals surface area contributed by atoms with E-state index in [1.165, 1.54) is 0 Å². The van der Waals surface area contributed by atoms with Gasteiger partial charge in [-0.3, -0.25) is 4.79 Å². The van der Waals surface area contributed by atoms with Crippen LogP contribution in [0.4, 0.5) is 8.78 Å². The molecule has 0 aromatic heterocycles. The summed E-state index contributed by atoms with van der Waals surface area (Å²) in [6, 6.07) is 10.3. The van der Waals surface area contributed by atoms with Crippen LogP contribution < -0.4 is 5.43 Å². The van der Waals surface area contributed by atoms with Gasteiger partial charge in [0.25, 0.3) is 0 Å². The van der Waals surface area contributed by atoms with Crippen molar-refractivity contribution in [2.45, 2.75) is 27.7 Å². The normalized spacial score (nSPS) is 10.8. The van der Waals surface area contributed by atoms with E-state index in [1.54, 1.807) is 0 Å². The summed E-state index contributed by atoms with van der Waals surface area (Å²) in [5, 5.41) is 10.1. The van der Waals surface area contributed by atoms with E-state index in [1.807, 2.05) is 45.9 Å². The number of aryl methyl sites for hydroxylation is 2. The molecule has 5 heteroatoms. The van der Waals surface area contributed by atoms with Gasteiger partial charge in [-0.15, -0.1) is 0 Å². The molecule has 0 radical (unpaired) electrons. The van der Waals surface area contributed by atoms with Crippen LogP contribution in [0, 0.1) is 25.5 Å². The Kier molecular flexibility index (Phi) is 5.18. The molecule has 4 rings (SSSR count). The number of hydrogen-bond acceptors (Lipinski definition) is 3. The van der Waals surface area contributed by atoms with Crippen LogP contribution in [-0.2, 0) is 0 Å². The van der Waals surface area contributed by atoms with Crippen molar-refractivity contribution in [3.63, 3.8) is 0 Å². The van der Waals surface area contributed by atoms with Crippen LogP contribution in [-0.4, -0.2) is 5.11 Å². The van der Waals surface area contributed by atoms with Gasteiger partial charge in [0.1, 0.15) is 11.3 Å². The molecule has 0 bridgehead atoms. The average Bonchev–Trinajstić information content (AvgIpc) is 2.67. The van der Waals surface area contributed by atoms with Crippen molar-refractivity contribution in [1.82, 2.24) is 0 Å². The van der Waals surface area contributed by atoms with Crippen LogP contribution in [0.1, 0.15) is 25.0 Å². The molecule has 1 heterocycles. The van der Waals surface area contributed by atoms with Crippen molar-refractivity contribution < 1.29 is 18.3 Å². The van der Waals surface area contributed by atoms with Crippen molar-refractivity contribution in [2.24, 2.45) is 0 Å². The largest absolute Gasteiger partial charge is 0.505 e. The second kappa shape index (κ2) is 7.43. The van der Waals surface area contributed by atoms with E-state index in [4.69, 9.17) is 4.42 Å². The standard InChI is InChI=1S/C21H14F2O3.C2H6/c1-10-3-4-11(2)12(5-10)21-13-6-15(22)17(24)8-19(13)26-20-9-18(25)16(23)7-14(20)21;1-2/h3-9,24H,1-2H3;1-2H3. The highest BCUT2D eigenvalue weighted by molar-refractivity contribution is 6.02. The SMILES string of the molecule is CC.Cc1ccc(C)c(-c2c3cc(F)c(=O)cc-3oc3cc(O)c(F)cc23)c1. The van der Waals surface area contributed by atoms with Crippen molar-refractivity contribution in [2.75, 3.05) is 0 Å². The van der Waals surface area contributed by atoms with Crippen molar-refractivity contribution >= 4 is 11.0 Å². The lowest BCUT2D eigenvalue weighted by Crippen LogP contribution is -2.06. The Balaban J connectivity index is 0.00000109. The van der Waals surface area contributed by atoms with E-state index in [0.717, 1.165) is 41.0 Å². The van der Waals surface area contributed by atoms with E-state index < -0.39 is 22.8 Å². The second-order valence-corrected chi connectivity index (χ2v) is 6.37. The molecule has 0 saturated heterocycles. The van der Waals surface area contributed by atoms with Crippen LogP contribution in [0.15, 0.2) is 51.7 Å². The van der Waals surface area contributed by atoms with E-state index in [9.17, 15) is 18.7 Å². The molecule has 28 heavy (non-hydrogen) atoms. The van der Waals surface area contributed by atoms with Crippen LogP contribution in [0.25, 0.3) is 33.4 Å². The number of fused-ring (bicyclic) bond motifs is 2. The molecule has 0 unspecified atom stereocenters. The number of phenolic OH excluding ortho intramolecular Hbond substituents is 1. The van der Waals surface area contributed by atoms with Gasteiger partial charge in [-0.1, -0.05) is 37.6 Å². The second-order valence-electron chi connectivity index (χ2n) is 6.37. The Bertz CT molecular complexity index is 1210. The van der Waals surface area contributed by atoms with Gasteiger partial charge in [0.15, 0.2) is 17.4 Å². The first-order valence-electron chi connectivity index (χ1n) is 9.01. The molecule has 2 aliphatic rings. The van der Waals surface area contributed by atoms with E-state index >= 15 is 0 Å². The molecule has 2 aromatic rings. The van der Waals surface area contributed by atoms with Crippen molar-refractivity contribution in [1.29, 1.82) is 0 Å². The highest BCUT2D eigenvalue weighted by atomic mass is 19.1. The lowest BCUT2D eigenvalue weighted by atomic mass is 9.90. The Labute approximate surface area is 161 Å². The topological polar surface area (TPSA) is 50.4 Å². The van der Waals surface area contributed by atoms with Gasteiger partial charge in [-0.25, -0.2) is 8.78 Å². The Hall–Kier alpha value is -3.21. The Morgan fingerprint density at radius 3 is 2.32 bits per heavy atom. The monoisotopic (exact) mass is 382 g/mol. The summed E-state index contributed by atoms with van der Waals surface area (Å²) >= 11 is 0. The van der Waals surface area contributed by atoms with Crippen molar-refractivity contribution in [3.05, 3.63) is 75.4 Å². The summed E-state index contributed by atoms with van der Waals surface area (Å²) in [5.41, 5.74) is 3.00. The third-order valence-corrected chi connectivity index (χ3v) is 4.50. The maximum atomic E-state index is 14.1. The van der Waals surface area contributed by atoms with E-state index in [0.29, 0.717) is 16.5 Å². The summed E-state index contributed by atoms with van der Waals surface area (Å²) in [6.07, 6.45) is 0. The van der Waals surface area contributed by atoms with Gasteiger partial charge in [0.2, 0.25) is 5.43 Å². The molecular formula is C23H20F2O3. The third kappa shape index (κ3) is 3.24. The molecular weight excluding hydrogens is 362 g/mol. The quantitative estimate of drug-likeness (QED) is 0.399. The first-order chi connectivity index (χ1) is 13.3. The zero-order valence-electron chi connectivity index (χ0n) is 16.1. The lowest BCUT2D eigenvalue weighted by molar-refractivity contribution is 0.432. The zero-order chi connectivity index (χ0) is 20.6. The van der Waals surface area contributed by atoms with Gasteiger partial charge in [0, 0.05) is 28.6 Å². The fraction of sp³-hybridized carbons (Fsp3) is 0.174. The minimum atomic E-state index is -0.905. The van der Waals surface area contributed by atoms with Crippen LogP contribution in [0.5, 0.6) is 5.75 Å². The molecule has 1 aliphatic carbocycles. The fourth-order valence-electron chi connectivity index (χ4n) is 3.20.